The first-order valence-electron chi connectivity index (χ1n) is 7.42. The molecule has 0 radical (unpaired) electrons. The number of rotatable bonds is 2. The number of carbonyl (C=O) groups excluding carboxylic acids is 1. The van der Waals surface area contributed by atoms with Crippen LogP contribution in [0.4, 0.5) is 0 Å². The Morgan fingerprint density at radius 2 is 2.29 bits per heavy atom. The molecule has 1 fully saturated rings. The fourth-order valence-corrected chi connectivity index (χ4v) is 2.82. The molecule has 0 spiro atoms. The van der Waals surface area contributed by atoms with Gasteiger partial charge in [0.05, 0.1) is 0 Å². The number of amides is 1. The molecule has 0 bridgehead atoms. The van der Waals surface area contributed by atoms with Gasteiger partial charge in [0.25, 0.3) is 5.91 Å². The number of likely N-dealkylation sites (tertiary alicyclic amines) is 1. The second-order valence-electron chi connectivity index (χ2n) is 5.82. The number of aromatic amines is 1. The lowest BCUT2D eigenvalue weighted by atomic mass is 9.99. The van der Waals surface area contributed by atoms with E-state index in [1.54, 1.807) is 0 Å². The van der Waals surface area contributed by atoms with E-state index in [1.165, 1.54) is 6.42 Å². The molecule has 1 N–H and O–H groups in total. The topological polar surface area (TPSA) is 61.9 Å². The smallest absolute Gasteiger partial charge is 0.253 e. The quantitative estimate of drug-likeness (QED) is 0.922. The molecular weight excluding hydrogens is 264 g/mol. The van der Waals surface area contributed by atoms with Crippen LogP contribution < -0.4 is 0 Å². The molecule has 1 aliphatic heterocycles. The largest absolute Gasteiger partial charge is 0.338 e. The lowest BCUT2D eigenvalue weighted by molar-refractivity contribution is 0.0683. The summed E-state index contributed by atoms with van der Waals surface area (Å²) in [7, 11) is 0. The Bertz CT molecular complexity index is 649. The van der Waals surface area contributed by atoms with E-state index in [4.69, 9.17) is 0 Å². The average Bonchev–Trinajstić information content (AvgIpc) is 2.93. The molecule has 2 aromatic rings. The van der Waals surface area contributed by atoms with Crippen LogP contribution >= 0.6 is 0 Å². The summed E-state index contributed by atoms with van der Waals surface area (Å²) in [6.07, 6.45) is 2.30. The van der Waals surface area contributed by atoms with E-state index in [0.29, 0.717) is 17.3 Å². The van der Waals surface area contributed by atoms with Gasteiger partial charge in [-0.2, -0.15) is 5.10 Å². The molecule has 1 aromatic carbocycles. The Kier molecular flexibility index (Phi) is 3.73. The number of nitrogens with one attached hydrogen (secondary N) is 1. The Morgan fingerprint density at radius 3 is 3.00 bits per heavy atom. The summed E-state index contributed by atoms with van der Waals surface area (Å²) in [5.74, 6) is 2.10. The van der Waals surface area contributed by atoms with Crippen LogP contribution in [0, 0.1) is 12.8 Å². The third kappa shape index (κ3) is 2.96. The number of aryl methyl sites for hydroxylation is 1. The lowest BCUT2D eigenvalue weighted by Gasteiger charge is -2.31. The summed E-state index contributed by atoms with van der Waals surface area (Å²) < 4.78 is 0. The lowest BCUT2D eigenvalue weighted by Crippen LogP contribution is -2.39. The number of nitrogens with zero attached hydrogens (tertiary/aromatic N) is 3. The van der Waals surface area contributed by atoms with E-state index in [1.807, 2.05) is 36.1 Å². The highest BCUT2D eigenvalue weighted by molar-refractivity contribution is 5.95. The van der Waals surface area contributed by atoms with Crippen LogP contribution in [-0.4, -0.2) is 39.1 Å². The van der Waals surface area contributed by atoms with Gasteiger partial charge in [-0.15, -0.1) is 0 Å². The summed E-state index contributed by atoms with van der Waals surface area (Å²) in [6.45, 7) is 5.77. The van der Waals surface area contributed by atoms with Gasteiger partial charge in [0.15, 0.2) is 5.82 Å². The first kappa shape index (κ1) is 13.8. The number of H-pyrrole nitrogens is 1. The van der Waals surface area contributed by atoms with Crippen molar-refractivity contribution in [3.63, 3.8) is 0 Å². The summed E-state index contributed by atoms with van der Waals surface area (Å²) >= 11 is 0. The van der Waals surface area contributed by atoms with Crippen LogP contribution in [-0.2, 0) is 0 Å². The maximum Gasteiger partial charge on any atom is 0.253 e. The molecule has 2 heterocycles. The molecule has 110 valence electrons. The Balaban J connectivity index is 1.84. The van der Waals surface area contributed by atoms with Crippen molar-refractivity contribution in [1.29, 1.82) is 0 Å². The highest BCUT2D eigenvalue weighted by Gasteiger charge is 2.22. The standard InChI is InChI=1S/C16H20N4O/c1-11-5-4-8-20(10-11)16(21)14-7-3-6-13(9-14)15-17-12(2)18-19-15/h3,6-7,9,11H,4-5,8,10H2,1-2H3,(H,17,18,19)/t11-/m0/s1. The summed E-state index contributed by atoms with van der Waals surface area (Å²) in [6, 6.07) is 7.56. The maximum absolute atomic E-state index is 12.6. The number of benzene rings is 1. The minimum atomic E-state index is 0.107. The van der Waals surface area contributed by atoms with Gasteiger partial charge in [0.2, 0.25) is 0 Å². The van der Waals surface area contributed by atoms with Gasteiger partial charge >= 0.3 is 0 Å². The van der Waals surface area contributed by atoms with Crippen molar-refractivity contribution in [3.05, 3.63) is 35.7 Å². The Morgan fingerprint density at radius 1 is 1.43 bits per heavy atom. The van der Waals surface area contributed by atoms with Crippen LogP contribution in [0.1, 0.15) is 35.9 Å². The van der Waals surface area contributed by atoms with Crippen molar-refractivity contribution in [2.24, 2.45) is 5.92 Å². The highest BCUT2D eigenvalue weighted by Crippen LogP contribution is 2.21. The van der Waals surface area contributed by atoms with Crippen molar-refractivity contribution >= 4 is 5.91 Å². The molecule has 3 rings (SSSR count). The van der Waals surface area contributed by atoms with Gasteiger partial charge in [-0.3, -0.25) is 9.89 Å². The molecule has 0 saturated carbocycles. The minimum Gasteiger partial charge on any atom is -0.338 e. The molecule has 1 aromatic heterocycles. The van der Waals surface area contributed by atoms with Crippen LogP contribution in [0.15, 0.2) is 24.3 Å². The normalized spacial score (nSPS) is 18.8. The molecule has 1 amide bonds. The molecule has 5 nitrogen and oxygen atoms in total. The van der Waals surface area contributed by atoms with Gasteiger partial charge < -0.3 is 4.90 Å². The number of carbonyl (C=O) groups is 1. The van der Waals surface area contributed by atoms with Crippen molar-refractivity contribution in [3.8, 4) is 11.4 Å². The van der Waals surface area contributed by atoms with Crippen molar-refractivity contribution < 1.29 is 4.79 Å². The zero-order valence-corrected chi connectivity index (χ0v) is 12.5. The van der Waals surface area contributed by atoms with Crippen molar-refractivity contribution in [1.82, 2.24) is 20.1 Å². The van der Waals surface area contributed by atoms with E-state index >= 15 is 0 Å². The van der Waals surface area contributed by atoms with E-state index < -0.39 is 0 Å². The van der Waals surface area contributed by atoms with Crippen LogP contribution in [0.3, 0.4) is 0 Å². The van der Waals surface area contributed by atoms with Gasteiger partial charge in [-0.1, -0.05) is 19.1 Å². The predicted octanol–water partition coefficient (Wildman–Crippen LogP) is 2.65. The third-order valence-corrected chi connectivity index (χ3v) is 3.91. The number of aromatic nitrogens is 3. The van der Waals surface area contributed by atoms with Gasteiger partial charge in [0, 0.05) is 24.2 Å². The molecule has 5 heteroatoms. The molecule has 0 unspecified atom stereocenters. The first-order chi connectivity index (χ1) is 10.1. The second-order valence-corrected chi connectivity index (χ2v) is 5.82. The SMILES string of the molecule is Cc1nc(-c2cccc(C(=O)N3CCC[C@H](C)C3)c2)n[nH]1. The fourth-order valence-electron chi connectivity index (χ4n) is 2.82. The summed E-state index contributed by atoms with van der Waals surface area (Å²) in [5, 5.41) is 6.98. The Hall–Kier alpha value is -2.17. The van der Waals surface area contributed by atoms with E-state index in [2.05, 4.69) is 22.1 Å². The maximum atomic E-state index is 12.6. The molecular formula is C16H20N4O. The first-order valence-corrected chi connectivity index (χ1v) is 7.42. The van der Waals surface area contributed by atoms with E-state index in [9.17, 15) is 4.79 Å². The second kappa shape index (κ2) is 5.68. The molecule has 1 atom stereocenters. The van der Waals surface area contributed by atoms with Crippen LogP contribution in [0.2, 0.25) is 0 Å². The monoisotopic (exact) mass is 284 g/mol. The van der Waals surface area contributed by atoms with E-state index in [0.717, 1.165) is 30.9 Å². The number of piperidine rings is 1. The molecule has 21 heavy (non-hydrogen) atoms. The zero-order chi connectivity index (χ0) is 14.8. The Labute approximate surface area is 124 Å². The van der Waals surface area contributed by atoms with Gasteiger partial charge in [-0.25, -0.2) is 4.98 Å². The van der Waals surface area contributed by atoms with Crippen LogP contribution in [0.25, 0.3) is 11.4 Å². The minimum absolute atomic E-state index is 0.107. The number of hydrogen-bond donors (Lipinski definition) is 1. The summed E-state index contributed by atoms with van der Waals surface area (Å²) in [5.41, 5.74) is 1.58. The predicted molar refractivity (Wildman–Crippen MR) is 80.9 cm³/mol. The fraction of sp³-hybridized carbons (Fsp3) is 0.438. The number of hydrogen-bond acceptors (Lipinski definition) is 3. The molecule has 1 aliphatic rings. The van der Waals surface area contributed by atoms with Crippen molar-refractivity contribution in [2.45, 2.75) is 26.7 Å². The highest BCUT2D eigenvalue weighted by atomic mass is 16.2. The zero-order valence-electron chi connectivity index (χ0n) is 12.5. The molecule has 0 aliphatic carbocycles. The summed E-state index contributed by atoms with van der Waals surface area (Å²) in [4.78, 5) is 18.9. The van der Waals surface area contributed by atoms with Gasteiger partial charge in [0.1, 0.15) is 5.82 Å². The van der Waals surface area contributed by atoms with Crippen molar-refractivity contribution in [2.75, 3.05) is 13.1 Å². The average molecular weight is 284 g/mol. The van der Waals surface area contributed by atoms with E-state index in [-0.39, 0.29) is 5.91 Å². The molecule has 1 saturated heterocycles. The van der Waals surface area contributed by atoms with Gasteiger partial charge in [-0.05, 0) is 37.8 Å². The third-order valence-electron chi connectivity index (χ3n) is 3.91. The van der Waals surface area contributed by atoms with Crippen LogP contribution in [0.5, 0.6) is 0 Å².